The van der Waals surface area contributed by atoms with Crippen LogP contribution in [0.2, 0.25) is 0 Å². The van der Waals surface area contributed by atoms with Crippen LogP contribution in [0.1, 0.15) is 107 Å². The number of anilines is 2. The van der Waals surface area contributed by atoms with Crippen molar-refractivity contribution in [1.29, 1.82) is 0 Å². The zero-order valence-electron chi connectivity index (χ0n) is 33.0. The Morgan fingerprint density at radius 3 is 1.91 bits per heavy atom. The van der Waals surface area contributed by atoms with Crippen molar-refractivity contribution in [3.05, 3.63) is 81.9 Å². The second kappa shape index (κ2) is 14.6. The maximum atomic E-state index is 13.8. The Bertz CT molecular complexity index is 2120. The van der Waals surface area contributed by atoms with Crippen LogP contribution in [-0.2, 0) is 44.8 Å². The van der Waals surface area contributed by atoms with E-state index in [-0.39, 0.29) is 11.8 Å². The van der Waals surface area contributed by atoms with Crippen LogP contribution in [0.5, 0.6) is 0 Å². The number of nitrogens with one attached hydrogen (secondary N) is 2. The van der Waals surface area contributed by atoms with Crippen molar-refractivity contribution in [2.45, 2.75) is 97.2 Å². The molecule has 3 fully saturated rings. The van der Waals surface area contributed by atoms with Crippen molar-refractivity contribution in [3.8, 4) is 11.1 Å². The van der Waals surface area contributed by atoms with Gasteiger partial charge in [0.25, 0.3) is 11.8 Å². The largest absolute Gasteiger partial charge is 0.381 e. The molecule has 2 saturated carbocycles. The molecule has 290 valence electrons. The third-order valence-electron chi connectivity index (χ3n) is 14.0. The van der Waals surface area contributed by atoms with Crippen LogP contribution in [0.3, 0.4) is 0 Å². The van der Waals surface area contributed by atoms with Crippen molar-refractivity contribution >= 4 is 23.2 Å². The molecule has 0 radical (unpaired) electrons. The fourth-order valence-corrected chi connectivity index (χ4v) is 10.6. The third-order valence-corrected chi connectivity index (χ3v) is 14.0. The SMILES string of the molecule is Cc1c(NC(=O)c2nc3c(n2C)CCN(CCC24CCC(CC2)C4)C3)cccc1-c1cccc(NC(=O)c2nc3c(n2C)CCN(C2CCOCC2)C3)c1C. The zero-order valence-corrected chi connectivity index (χ0v) is 33.0. The molecular weight excluding hydrogens is 689 g/mol. The standard InChI is InChI=1S/C44H56N8O3/c1-28-32(33-8-6-10-35(29(33)2)48-43(54)41-46-37-27-52(21-14-39(37)50(41)4)31-15-23-55-24-16-31)7-5-9-34(28)47-42(53)40-45-36-26-51(20-13-38(36)49(40)3)22-19-44-17-11-30(25-44)12-18-44/h5-10,30-31H,11-27H2,1-4H3,(H,47,53)(H,48,54). The van der Waals surface area contributed by atoms with E-state index < -0.39 is 0 Å². The Morgan fingerprint density at radius 2 is 1.35 bits per heavy atom. The van der Waals surface area contributed by atoms with Crippen LogP contribution in [0.15, 0.2) is 36.4 Å². The highest BCUT2D eigenvalue weighted by Crippen LogP contribution is 2.56. The second-order valence-corrected chi connectivity index (χ2v) is 17.1. The molecular formula is C44H56N8O3. The van der Waals surface area contributed by atoms with Gasteiger partial charge in [0.1, 0.15) is 0 Å². The first-order valence-corrected chi connectivity index (χ1v) is 20.6. The quantitative estimate of drug-likeness (QED) is 0.194. The first-order valence-electron chi connectivity index (χ1n) is 20.6. The molecule has 0 unspecified atom stereocenters. The number of fused-ring (bicyclic) bond motifs is 4. The molecule has 2 aromatic heterocycles. The van der Waals surface area contributed by atoms with Crippen LogP contribution >= 0.6 is 0 Å². The van der Waals surface area contributed by atoms with Gasteiger partial charge in [0.15, 0.2) is 11.6 Å². The lowest BCUT2D eigenvalue weighted by Crippen LogP contribution is -2.42. The second-order valence-electron chi connectivity index (χ2n) is 17.1. The maximum absolute atomic E-state index is 13.8. The van der Waals surface area contributed by atoms with Gasteiger partial charge in [0.2, 0.25) is 0 Å². The Morgan fingerprint density at radius 1 is 0.782 bits per heavy atom. The van der Waals surface area contributed by atoms with Gasteiger partial charge < -0.3 is 24.5 Å². The van der Waals surface area contributed by atoms with E-state index in [4.69, 9.17) is 14.7 Å². The maximum Gasteiger partial charge on any atom is 0.291 e. The van der Waals surface area contributed by atoms with Crippen molar-refractivity contribution < 1.29 is 14.3 Å². The molecule has 1 saturated heterocycles. The van der Waals surface area contributed by atoms with Crippen LogP contribution in [0.25, 0.3) is 11.1 Å². The lowest BCUT2D eigenvalue weighted by atomic mass is 9.81. The van der Waals surface area contributed by atoms with Gasteiger partial charge in [-0.05, 0) is 117 Å². The molecule has 2 aliphatic carbocycles. The Balaban J connectivity index is 0.877. The summed E-state index contributed by atoms with van der Waals surface area (Å²) in [4.78, 5) is 42.4. The predicted molar refractivity (Wildman–Crippen MR) is 214 cm³/mol. The summed E-state index contributed by atoms with van der Waals surface area (Å²) in [7, 11) is 3.92. The molecule has 5 aliphatic rings. The van der Waals surface area contributed by atoms with Gasteiger partial charge in [-0.15, -0.1) is 0 Å². The molecule has 0 atom stereocenters. The number of amides is 2. The minimum Gasteiger partial charge on any atom is -0.381 e. The summed E-state index contributed by atoms with van der Waals surface area (Å²) in [5.41, 5.74) is 10.3. The first-order chi connectivity index (χ1) is 26.7. The van der Waals surface area contributed by atoms with Gasteiger partial charge in [0.05, 0.1) is 11.4 Å². The predicted octanol–water partition coefficient (Wildman–Crippen LogP) is 6.81. The van der Waals surface area contributed by atoms with Gasteiger partial charge in [0, 0.05) is 95.1 Å². The highest BCUT2D eigenvalue weighted by Gasteiger charge is 2.44. The molecule has 0 spiro atoms. The summed E-state index contributed by atoms with van der Waals surface area (Å²) in [6.45, 7) is 10.4. The molecule has 2 amide bonds. The van der Waals surface area contributed by atoms with E-state index >= 15 is 0 Å². The molecule has 55 heavy (non-hydrogen) atoms. The fraction of sp³-hybridized carbons (Fsp3) is 0.545. The lowest BCUT2D eigenvalue weighted by molar-refractivity contribution is 0.0283. The van der Waals surface area contributed by atoms with Gasteiger partial charge in [-0.25, -0.2) is 9.97 Å². The summed E-state index contributed by atoms with van der Waals surface area (Å²) in [6.07, 6.45) is 12.3. The molecule has 9 rings (SSSR count). The van der Waals surface area contributed by atoms with Crippen LogP contribution in [0, 0.1) is 25.2 Å². The average Bonchev–Trinajstić information content (AvgIpc) is 3.98. The average molecular weight is 745 g/mol. The van der Waals surface area contributed by atoms with E-state index in [2.05, 4.69) is 32.6 Å². The van der Waals surface area contributed by atoms with E-state index in [1.807, 2.05) is 61.3 Å². The van der Waals surface area contributed by atoms with Gasteiger partial charge in [-0.2, -0.15) is 0 Å². The summed E-state index contributed by atoms with van der Waals surface area (Å²) in [5.74, 6) is 1.46. The number of hydrogen-bond acceptors (Lipinski definition) is 7. The number of carbonyl (C=O) groups excluding carboxylic acids is 2. The number of carbonyl (C=O) groups is 2. The van der Waals surface area contributed by atoms with E-state index in [1.165, 1.54) is 44.2 Å². The van der Waals surface area contributed by atoms with Crippen molar-refractivity contribution in [2.75, 3.05) is 43.5 Å². The number of imidazole rings is 2. The smallest absolute Gasteiger partial charge is 0.291 e. The van der Waals surface area contributed by atoms with E-state index in [9.17, 15) is 9.59 Å². The number of rotatable bonds is 9. The molecule has 2 aromatic carbocycles. The van der Waals surface area contributed by atoms with Crippen LogP contribution < -0.4 is 10.6 Å². The highest BCUT2D eigenvalue weighted by molar-refractivity contribution is 6.04. The van der Waals surface area contributed by atoms with Crippen molar-refractivity contribution in [2.24, 2.45) is 25.4 Å². The molecule has 2 N–H and O–H groups in total. The monoisotopic (exact) mass is 744 g/mol. The Hall–Kier alpha value is -4.32. The summed E-state index contributed by atoms with van der Waals surface area (Å²) < 4.78 is 9.55. The summed E-state index contributed by atoms with van der Waals surface area (Å²) >= 11 is 0. The number of benzene rings is 2. The normalized spacial score (nSPS) is 22.8. The number of nitrogens with zero attached hydrogens (tertiary/aromatic N) is 6. The number of ether oxygens (including phenoxy) is 1. The van der Waals surface area contributed by atoms with Crippen LogP contribution in [-0.4, -0.2) is 79.6 Å². The molecule has 2 bridgehead atoms. The minimum absolute atomic E-state index is 0.197. The molecule has 11 heteroatoms. The van der Waals surface area contributed by atoms with E-state index in [1.54, 1.807) is 0 Å². The van der Waals surface area contributed by atoms with E-state index in [0.29, 0.717) is 23.1 Å². The van der Waals surface area contributed by atoms with Crippen molar-refractivity contribution in [3.63, 3.8) is 0 Å². The number of aromatic nitrogens is 4. The summed E-state index contributed by atoms with van der Waals surface area (Å²) in [6, 6.07) is 12.5. The fourth-order valence-electron chi connectivity index (χ4n) is 10.6. The molecule has 11 nitrogen and oxygen atoms in total. The molecule has 4 aromatic rings. The minimum atomic E-state index is -0.214. The third kappa shape index (κ3) is 6.82. The highest BCUT2D eigenvalue weighted by atomic mass is 16.5. The van der Waals surface area contributed by atoms with E-state index in [0.717, 1.165) is 128 Å². The molecule has 3 aliphatic heterocycles. The lowest BCUT2D eigenvalue weighted by Gasteiger charge is -2.36. The Labute approximate surface area is 324 Å². The number of hydrogen-bond donors (Lipinski definition) is 2. The topological polar surface area (TPSA) is 110 Å². The Kier molecular flexibility index (Phi) is 9.67. The molecule has 5 heterocycles. The van der Waals surface area contributed by atoms with Gasteiger partial charge in [-0.1, -0.05) is 24.3 Å². The zero-order chi connectivity index (χ0) is 37.8. The van der Waals surface area contributed by atoms with Gasteiger partial charge >= 0.3 is 0 Å². The van der Waals surface area contributed by atoms with Crippen molar-refractivity contribution in [1.82, 2.24) is 28.9 Å². The van der Waals surface area contributed by atoms with Gasteiger partial charge in [-0.3, -0.25) is 19.4 Å². The summed E-state index contributed by atoms with van der Waals surface area (Å²) in [5, 5.41) is 6.37. The van der Waals surface area contributed by atoms with Crippen LogP contribution in [0.4, 0.5) is 11.4 Å². The first kappa shape index (κ1) is 36.3.